The van der Waals surface area contributed by atoms with E-state index in [1.165, 1.54) is 0 Å². The summed E-state index contributed by atoms with van der Waals surface area (Å²) in [6.45, 7) is 2.98. The fraction of sp³-hybridized carbons (Fsp3) is 0.769. The molecule has 6 heteroatoms. The van der Waals surface area contributed by atoms with Crippen LogP contribution in [0, 0.1) is 0 Å². The molecule has 0 spiro atoms. The molecule has 1 atom stereocenters. The summed E-state index contributed by atoms with van der Waals surface area (Å²) in [7, 11) is 0. The standard InChI is InChI=1S/C13H18N2O4/c1-2-17-12(16)13(5-6-13)11-14-10(15-19-11)8-9-4-3-7-18-9/h9H,2-8H2,1H3. The van der Waals surface area contributed by atoms with Gasteiger partial charge in [-0.15, -0.1) is 0 Å². The van der Waals surface area contributed by atoms with Crippen LogP contribution in [0.4, 0.5) is 0 Å². The Balaban J connectivity index is 1.68. The van der Waals surface area contributed by atoms with Crippen LogP contribution in [0.25, 0.3) is 0 Å². The zero-order chi connectivity index (χ0) is 13.3. The van der Waals surface area contributed by atoms with Crippen LogP contribution in [-0.2, 0) is 26.1 Å². The summed E-state index contributed by atoms with van der Waals surface area (Å²) < 4.78 is 15.9. The molecule has 0 N–H and O–H groups in total. The third-order valence-electron chi connectivity index (χ3n) is 3.73. The second-order valence-electron chi connectivity index (χ2n) is 5.16. The largest absolute Gasteiger partial charge is 0.465 e. The van der Waals surface area contributed by atoms with Gasteiger partial charge in [-0.25, -0.2) is 0 Å². The van der Waals surface area contributed by atoms with Crippen LogP contribution in [0.2, 0.25) is 0 Å². The summed E-state index contributed by atoms with van der Waals surface area (Å²) in [5, 5.41) is 3.95. The van der Waals surface area contributed by atoms with Crippen LogP contribution in [0.5, 0.6) is 0 Å². The predicted octanol–water partition coefficient (Wildman–Crippen LogP) is 1.39. The summed E-state index contributed by atoms with van der Waals surface area (Å²) in [6, 6.07) is 0. The minimum atomic E-state index is -0.669. The number of nitrogens with zero attached hydrogens (tertiary/aromatic N) is 2. The Morgan fingerprint density at radius 3 is 3.00 bits per heavy atom. The zero-order valence-corrected chi connectivity index (χ0v) is 11.1. The van der Waals surface area contributed by atoms with Crippen LogP contribution in [0.1, 0.15) is 44.3 Å². The Kier molecular flexibility index (Phi) is 3.26. The number of rotatable bonds is 5. The van der Waals surface area contributed by atoms with Crippen LogP contribution in [0.3, 0.4) is 0 Å². The van der Waals surface area contributed by atoms with Crippen molar-refractivity contribution in [2.45, 2.75) is 50.5 Å². The van der Waals surface area contributed by atoms with Crippen molar-refractivity contribution in [1.82, 2.24) is 10.1 Å². The number of esters is 1. The van der Waals surface area contributed by atoms with E-state index in [9.17, 15) is 4.79 Å². The Morgan fingerprint density at radius 2 is 2.37 bits per heavy atom. The SMILES string of the molecule is CCOC(=O)C1(c2nc(CC3CCCO3)no2)CC1. The summed E-state index contributed by atoms with van der Waals surface area (Å²) in [6.07, 6.45) is 4.42. The van der Waals surface area contributed by atoms with Crippen LogP contribution < -0.4 is 0 Å². The molecule has 2 fully saturated rings. The molecular weight excluding hydrogens is 248 g/mol. The molecule has 1 saturated heterocycles. The lowest BCUT2D eigenvalue weighted by Gasteiger charge is -2.08. The third-order valence-corrected chi connectivity index (χ3v) is 3.73. The van der Waals surface area contributed by atoms with Crippen molar-refractivity contribution in [3.05, 3.63) is 11.7 Å². The molecule has 2 aliphatic rings. The second-order valence-corrected chi connectivity index (χ2v) is 5.16. The summed E-state index contributed by atoms with van der Waals surface area (Å²) in [4.78, 5) is 16.3. The lowest BCUT2D eigenvalue weighted by atomic mass is 10.1. The normalized spacial score (nSPS) is 24.4. The molecule has 1 aromatic rings. The molecule has 1 aromatic heterocycles. The van der Waals surface area contributed by atoms with Crippen molar-refractivity contribution < 1.29 is 18.8 Å². The van der Waals surface area contributed by atoms with Gasteiger partial charge in [0.2, 0.25) is 5.89 Å². The van der Waals surface area contributed by atoms with E-state index >= 15 is 0 Å². The highest BCUT2D eigenvalue weighted by Crippen LogP contribution is 2.48. The molecule has 1 aliphatic carbocycles. The molecule has 1 saturated carbocycles. The predicted molar refractivity (Wildman–Crippen MR) is 64.5 cm³/mol. The fourth-order valence-corrected chi connectivity index (χ4v) is 2.44. The molecule has 1 aliphatic heterocycles. The average Bonchev–Trinajstić information content (AvgIpc) is 2.84. The quantitative estimate of drug-likeness (QED) is 0.750. The lowest BCUT2D eigenvalue weighted by Crippen LogP contribution is -2.23. The minimum Gasteiger partial charge on any atom is -0.465 e. The summed E-state index contributed by atoms with van der Waals surface area (Å²) in [5.41, 5.74) is -0.669. The smallest absolute Gasteiger partial charge is 0.321 e. The van der Waals surface area contributed by atoms with Crippen LogP contribution in [-0.4, -0.2) is 35.4 Å². The highest BCUT2D eigenvalue weighted by molar-refractivity contribution is 5.85. The van der Waals surface area contributed by atoms with E-state index in [2.05, 4.69) is 10.1 Å². The van der Waals surface area contributed by atoms with Crippen molar-refractivity contribution in [1.29, 1.82) is 0 Å². The molecule has 2 heterocycles. The number of hydrogen-bond donors (Lipinski definition) is 0. The van der Waals surface area contributed by atoms with Gasteiger partial charge in [0.1, 0.15) is 5.41 Å². The van der Waals surface area contributed by atoms with Crippen molar-refractivity contribution >= 4 is 5.97 Å². The molecule has 19 heavy (non-hydrogen) atoms. The number of carbonyl (C=O) groups is 1. The van der Waals surface area contributed by atoms with Gasteiger partial charge >= 0.3 is 5.97 Å². The number of ether oxygens (including phenoxy) is 2. The van der Waals surface area contributed by atoms with E-state index in [1.807, 2.05) is 0 Å². The van der Waals surface area contributed by atoms with Gasteiger partial charge in [-0.1, -0.05) is 5.16 Å². The van der Waals surface area contributed by atoms with E-state index in [-0.39, 0.29) is 12.1 Å². The minimum absolute atomic E-state index is 0.184. The Labute approximate surface area is 111 Å². The Morgan fingerprint density at radius 1 is 1.53 bits per heavy atom. The Hall–Kier alpha value is -1.43. The monoisotopic (exact) mass is 266 g/mol. The van der Waals surface area contributed by atoms with Gasteiger partial charge in [0.25, 0.3) is 0 Å². The van der Waals surface area contributed by atoms with E-state index in [4.69, 9.17) is 14.0 Å². The van der Waals surface area contributed by atoms with E-state index in [0.717, 1.165) is 32.3 Å². The number of carbonyl (C=O) groups excluding carboxylic acids is 1. The first-order valence-corrected chi connectivity index (χ1v) is 6.86. The number of aromatic nitrogens is 2. The first kappa shape index (κ1) is 12.6. The molecular formula is C13H18N2O4. The molecule has 3 rings (SSSR count). The highest BCUT2D eigenvalue weighted by atomic mass is 16.5. The van der Waals surface area contributed by atoms with Crippen molar-refractivity contribution in [2.24, 2.45) is 0 Å². The first-order valence-electron chi connectivity index (χ1n) is 6.86. The Bertz CT molecular complexity index is 461. The molecule has 104 valence electrons. The molecule has 0 amide bonds. The molecule has 0 radical (unpaired) electrons. The van der Waals surface area contributed by atoms with Gasteiger partial charge in [-0.2, -0.15) is 4.98 Å². The van der Waals surface area contributed by atoms with Gasteiger partial charge in [0, 0.05) is 13.0 Å². The van der Waals surface area contributed by atoms with Gasteiger partial charge in [0.05, 0.1) is 12.7 Å². The molecule has 0 bridgehead atoms. The maximum atomic E-state index is 11.9. The topological polar surface area (TPSA) is 74.5 Å². The summed E-state index contributed by atoms with van der Waals surface area (Å²) >= 11 is 0. The fourth-order valence-electron chi connectivity index (χ4n) is 2.44. The van der Waals surface area contributed by atoms with E-state index < -0.39 is 5.41 Å². The van der Waals surface area contributed by atoms with E-state index in [1.54, 1.807) is 6.92 Å². The van der Waals surface area contributed by atoms with Gasteiger partial charge in [0.15, 0.2) is 5.82 Å². The third kappa shape index (κ3) is 2.36. The van der Waals surface area contributed by atoms with Gasteiger partial charge < -0.3 is 14.0 Å². The van der Waals surface area contributed by atoms with Crippen LogP contribution in [0.15, 0.2) is 4.52 Å². The van der Waals surface area contributed by atoms with Gasteiger partial charge in [-0.05, 0) is 32.6 Å². The van der Waals surface area contributed by atoms with Crippen LogP contribution >= 0.6 is 0 Å². The second kappa shape index (κ2) is 4.92. The lowest BCUT2D eigenvalue weighted by molar-refractivity contribution is -0.146. The maximum absolute atomic E-state index is 11.9. The molecule has 6 nitrogen and oxygen atoms in total. The number of hydrogen-bond acceptors (Lipinski definition) is 6. The maximum Gasteiger partial charge on any atom is 0.321 e. The van der Waals surface area contributed by atoms with Crippen molar-refractivity contribution in [3.8, 4) is 0 Å². The van der Waals surface area contributed by atoms with Gasteiger partial charge in [-0.3, -0.25) is 4.79 Å². The van der Waals surface area contributed by atoms with Crippen molar-refractivity contribution in [3.63, 3.8) is 0 Å². The zero-order valence-electron chi connectivity index (χ0n) is 11.1. The molecule has 1 unspecified atom stereocenters. The van der Waals surface area contributed by atoms with Crippen molar-refractivity contribution in [2.75, 3.05) is 13.2 Å². The summed E-state index contributed by atoms with van der Waals surface area (Å²) in [5.74, 6) is 0.777. The van der Waals surface area contributed by atoms with E-state index in [0.29, 0.717) is 24.7 Å². The molecule has 0 aromatic carbocycles. The first-order chi connectivity index (χ1) is 9.24. The highest BCUT2D eigenvalue weighted by Gasteiger charge is 2.57. The average molecular weight is 266 g/mol.